The first-order valence-electron chi connectivity index (χ1n) is 7.04. The molecule has 0 aromatic heterocycles. The van der Waals surface area contributed by atoms with E-state index < -0.39 is 0 Å². The van der Waals surface area contributed by atoms with Crippen molar-refractivity contribution in [2.75, 3.05) is 4.90 Å². The topological polar surface area (TPSA) is 44.7 Å². The maximum atomic E-state index is 11.6. The summed E-state index contributed by atoms with van der Waals surface area (Å²) >= 11 is 0. The van der Waals surface area contributed by atoms with Crippen LogP contribution < -0.4 is 10.2 Å². The second-order valence-electron chi connectivity index (χ2n) is 5.05. The molecule has 22 heavy (non-hydrogen) atoms. The average Bonchev–Trinajstić information content (AvgIpc) is 2.72. The average molecular weight is 287 g/mol. The Morgan fingerprint density at radius 1 is 0.955 bits per heavy atom. The lowest BCUT2D eigenvalue weighted by Crippen LogP contribution is -2.35. The highest BCUT2D eigenvalue weighted by atomic mass is 16.1. The van der Waals surface area contributed by atoms with Crippen molar-refractivity contribution in [2.45, 2.75) is 0 Å². The molecule has 2 aliphatic rings. The van der Waals surface area contributed by atoms with E-state index in [0.717, 1.165) is 22.5 Å². The number of benzene rings is 2. The molecule has 2 aliphatic heterocycles. The molecule has 4 rings (SSSR count). The SMILES string of the molecule is O=C1C=CN2C(=CN=C(c3ccccc3)c3ccccc32)N1. The number of carbonyl (C=O) groups excluding carboxylic acids is 1. The van der Waals surface area contributed by atoms with Crippen molar-refractivity contribution >= 4 is 17.3 Å². The predicted molar refractivity (Wildman–Crippen MR) is 86.4 cm³/mol. The minimum Gasteiger partial charge on any atom is -0.307 e. The molecule has 0 saturated heterocycles. The van der Waals surface area contributed by atoms with Gasteiger partial charge < -0.3 is 10.2 Å². The van der Waals surface area contributed by atoms with Gasteiger partial charge in [0.05, 0.1) is 17.6 Å². The number of amides is 1. The first-order valence-corrected chi connectivity index (χ1v) is 7.04. The maximum absolute atomic E-state index is 11.6. The number of rotatable bonds is 1. The number of anilines is 1. The van der Waals surface area contributed by atoms with Gasteiger partial charge in [0.1, 0.15) is 5.82 Å². The molecule has 1 N–H and O–H groups in total. The molecule has 0 saturated carbocycles. The van der Waals surface area contributed by atoms with E-state index in [4.69, 9.17) is 0 Å². The third kappa shape index (κ3) is 2.02. The van der Waals surface area contributed by atoms with Crippen LogP contribution in [0.3, 0.4) is 0 Å². The summed E-state index contributed by atoms with van der Waals surface area (Å²) in [4.78, 5) is 18.1. The standard InChI is InChI=1S/C18H13N3O/c22-17-10-11-21-15-9-5-4-8-14(15)18(19-12-16(21)20-17)13-6-2-1-3-7-13/h1-12H,(H,20,22). The first kappa shape index (κ1) is 12.6. The Hall–Kier alpha value is -3.14. The lowest BCUT2D eigenvalue weighted by atomic mass is 10.0. The van der Waals surface area contributed by atoms with Crippen LogP contribution in [0.4, 0.5) is 5.69 Å². The smallest absolute Gasteiger partial charge is 0.251 e. The van der Waals surface area contributed by atoms with E-state index in [9.17, 15) is 4.79 Å². The van der Waals surface area contributed by atoms with Gasteiger partial charge in [0, 0.05) is 23.4 Å². The molecule has 0 bridgehead atoms. The van der Waals surface area contributed by atoms with Gasteiger partial charge in [-0.1, -0.05) is 48.5 Å². The number of carbonyl (C=O) groups is 1. The second-order valence-corrected chi connectivity index (χ2v) is 5.05. The zero-order chi connectivity index (χ0) is 14.9. The van der Waals surface area contributed by atoms with Crippen LogP contribution in [0.5, 0.6) is 0 Å². The van der Waals surface area contributed by atoms with Crippen molar-refractivity contribution in [3.8, 4) is 0 Å². The molecule has 4 heteroatoms. The Kier molecular flexibility index (Phi) is 2.86. The molecule has 106 valence electrons. The number of hydrogen-bond donors (Lipinski definition) is 1. The van der Waals surface area contributed by atoms with Crippen molar-refractivity contribution in [1.29, 1.82) is 0 Å². The first-order chi connectivity index (χ1) is 10.8. The number of aliphatic imine (C=N–C) groups is 1. The van der Waals surface area contributed by atoms with Gasteiger partial charge in [0.15, 0.2) is 0 Å². The molecular formula is C18H13N3O. The van der Waals surface area contributed by atoms with E-state index in [-0.39, 0.29) is 5.91 Å². The van der Waals surface area contributed by atoms with Crippen molar-refractivity contribution in [1.82, 2.24) is 5.32 Å². The van der Waals surface area contributed by atoms with Gasteiger partial charge in [-0.2, -0.15) is 0 Å². The van der Waals surface area contributed by atoms with Gasteiger partial charge in [-0.25, -0.2) is 0 Å². The molecular weight excluding hydrogens is 274 g/mol. The van der Waals surface area contributed by atoms with Gasteiger partial charge in [-0.05, 0) is 6.07 Å². The Balaban J connectivity index is 1.94. The van der Waals surface area contributed by atoms with Crippen molar-refractivity contribution in [3.63, 3.8) is 0 Å². The number of fused-ring (bicyclic) bond motifs is 3. The van der Waals surface area contributed by atoms with E-state index in [2.05, 4.69) is 10.3 Å². The molecule has 1 amide bonds. The largest absolute Gasteiger partial charge is 0.307 e. The normalized spacial score (nSPS) is 16.0. The van der Waals surface area contributed by atoms with Gasteiger partial charge in [0.25, 0.3) is 5.91 Å². The molecule has 2 heterocycles. The van der Waals surface area contributed by atoms with Crippen LogP contribution in [0, 0.1) is 0 Å². The number of nitrogens with zero attached hydrogens (tertiary/aromatic N) is 2. The summed E-state index contributed by atoms with van der Waals surface area (Å²) in [6, 6.07) is 18.1. The van der Waals surface area contributed by atoms with Crippen LogP contribution in [0.2, 0.25) is 0 Å². The molecule has 0 aliphatic carbocycles. The zero-order valence-corrected chi connectivity index (χ0v) is 11.7. The fourth-order valence-electron chi connectivity index (χ4n) is 2.66. The van der Waals surface area contributed by atoms with E-state index >= 15 is 0 Å². The lowest BCUT2D eigenvalue weighted by Gasteiger charge is -2.26. The van der Waals surface area contributed by atoms with Crippen LogP contribution in [0.1, 0.15) is 11.1 Å². The highest BCUT2D eigenvalue weighted by Gasteiger charge is 2.23. The summed E-state index contributed by atoms with van der Waals surface area (Å²) in [5.74, 6) is 0.518. The summed E-state index contributed by atoms with van der Waals surface area (Å²) in [6.07, 6.45) is 4.98. The van der Waals surface area contributed by atoms with E-state index in [1.165, 1.54) is 6.08 Å². The third-order valence-electron chi connectivity index (χ3n) is 3.67. The van der Waals surface area contributed by atoms with Gasteiger partial charge in [0.2, 0.25) is 0 Å². The molecule has 0 unspecified atom stereocenters. The maximum Gasteiger partial charge on any atom is 0.251 e. The van der Waals surface area contributed by atoms with Crippen LogP contribution in [-0.2, 0) is 4.79 Å². The van der Waals surface area contributed by atoms with Crippen LogP contribution in [-0.4, -0.2) is 11.6 Å². The molecule has 0 spiro atoms. The Morgan fingerprint density at radius 2 is 1.73 bits per heavy atom. The van der Waals surface area contributed by atoms with Crippen LogP contribution >= 0.6 is 0 Å². The summed E-state index contributed by atoms with van der Waals surface area (Å²) in [5, 5.41) is 2.83. The van der Waals surface area contributed by atoms with Gasteiger partial charge in [-0.3, -0.25) is 9.79 Å². The van der Waals surface area contributed by atoms with Crippen molar-refractivity contribution < 1.29 is 4.79 Å². The van der Waals surface area contributed by atoms with Crippen LogP contribution in [0.15, 0.2) is 83.9 Å². The number of nitrogens with one attached hydrogen (secondary N) is 1. The minimum atomic E-state index is -0.140. The third-order valence-corrected chi connectivity index (χ3v) is 3.67. The Labute approximate surface area is 128 Å². The summed E-state index contributed by atoms with van der Waals surface area (Å²) in [5.41, 5.74) is 3.95. The molecule has 0 fully saturated rings. The fourth-order valence-corrected chi connectivity index (χ4v) is 2.66. The summed E-state index contributed by atoms with van der Waals surface area (Å²) in [6.45, 7) is 0. The highest BCUT2D eigenvalue weighted by Crippen LogP contribution is 2.30. The second kappa shape index (κ2) is 5.00. The Bertz CT molecular complexity index is 834. The van der Waals surface area contributed by atoms with Gasteiger partial charge in [-0.15, -0.1) is 0 Å². The van der Waals surface area contributed by atoms with E-state index in [1.54, 1.807) is 12.4 Å². The highest BCUT2D eigenvalue weighted by molar-refractivity contribution is 6.17. The molecule has 2 aromatic carbocycles. The number of hydrogen-bond acceptors (Lipinski definition) is 3. The van der Waals surface area contributed by atoms with E-state index in [0.29, 0.717) is 5.82 Å². The Morgan fingerprint density at radius 3 is 2.59 bits per heavy atom. The van der Waals surface area contributed by atoms with Gasteiger partial charge >= 0.3 is 0 Å². The monoisotopic (exact) mass is 287 g/mol. The van der Waals surface area contributed by atoms with Crippen molar-refractivity contribution in [3.05, 3.63) is 90.0 Å². The lowest BCUT2D eigenvalue weighted by molar-refractivity contribution is -0.116. The quantitative estimate of drug-likeness (QED) is 0.876. The minimum absolute atomic E-state index is 0.140. The van der Waals surface area contributed by atoms with Crippen LogP contribution in [0.25, 0.3) is 0 Å². The molecule has 4 nitrogen and oxygen atoms in total. The molecule has 0 atom stereocenters. The molecule has 0 radical (unpaired) electrons. The summed E-state index contributed by atoms with van der Waals surface area (Å²) in [7, 11) is 0. The summed E-state index contributed by atoms with van der Waals surface area (Å²) < 4.78 is 0. The predicted octanol–water partition coefficient (Wildman–Crippen LogP) is 2.79. The van der Waals surface area contributed by atoms with E-state index in [1.807, 2.05) is 59.5 Å². The fraction of sp³-hybridized carbons (Fsp3) is 0. The molecule has 2 aromatic rings. The van der Waals surface area contributed by atoms with Crippen molar-refractivity contribution in [2.24, 2.45) is 4.99 Å². The number of para-hydroxylation sites is 1. The zero-order valence-electron chi connectivity index (χ0n) is 11.7.